The fourth-order valence-electron chi connectivity index (χ4n) is 1.52. The minimum Gasteiger partial charge on any atom is -0.384 e. The smallest absolute Gasteiger partial charge is 0.102 e. The number of hydrogen-bond donors (Lipinski definition) is 1. The average Bonchev–Trinajstić information content (AvgIpc) is 2.04. The first-order chi connectivity index (χ1) is 5.60. The average molecular weight is 346 g/mol. The molecule has 0 spiro atoms. The molecule has 0 aliphatic carbocycles. The maximum Gasteiger partial charge on any atom is 0.102 e. The quantitative estimate of drug-likeness (QED) is 0.762. The number of nitrogens with zero attached hydrogens (tertiary/aromatic N) is 1. The van der Waals surface area contributed by atoms with Crippen LogP contribution in [0, 0.1) is 36.9 Å². The Kier molecular flexibility index (Phi) is 10.3. The molecule has 0 aliphatic heterocycles. The normalized spacial score (nSPS) is 12.5. The van der Waals surface area contributed by atoms with Gasteiger partial charge in [0, 0.05) is 49.6 Å². The van der Waals surface area contributed by atoms with Crippen molar-refractivity contribution in [1.82, 2.24) is 0 Å². The van der Waals surface area contributed by atoms with E-state index in [0.29, 0.717) is 0 Å². The van der Waals surface area contributed by atoms with Gasteiger partial charge < -0.3 is 5.11 Å². The van der Waals surface area contributed by atoms with Crippen molar-refractivity contribution in [3.05, 3.63) is 0 Å². The van der Waals surface area contributed by atoms with Crippen LogP contribution in [0.15, 0.2) is 4.99 Å². The van der Waals surface area contributed by atoms with Crippen molar-refractivity contribution in [3.63, 3.8) is 0 Å². The van der Waals surface area contributed by atoms with Gasteiger partial charge >= 0.3 is 0 Å². The molecular formula is C10H21LuNO. The van der Waals surface area contributed by atoms with Gasteiger partial charge in [0.05, 0.1) is 0 Å². The summed E-state index contributed by atoms with van der Waals surface area (Å²) in [4.78, 5) is 4.06. The topological polar surface area (TPSA) is 32.6 Å². The number of hydrogen-bond acceptors (Lipinski definition) is 2. The minimum atomic E-state index is -0.641. The predicted octanol–water partition coefficient (Wildman–Crippen LogP) is 2.41. The Labute approximate surface area is 111 Å². The van der Waals surface area contributed by atoms with E-state index in [1.807, 2.05) is 6.92 Å². The molecule has 0 aromatic heterocycles. The van der Waals surface area contributed by atoms with Crippen molar-refractivity contribution < 1.29 is 42.0 Å². The second-order valence-corrected chi connectivity index (χ2v) is 3.34. The summed E-state index contributed by atoms with van der Waals surface area (Å²) in [6, 6.07) is 0. The first-order valence-corrected chi connectivity index (χ1v) is 4.77. The molecule has 0 fully saturated rings. The van der Waals surface area contributed by atoms with Gasteiger partial charge in [0.1, 0.15) is 5.60 Å². The molecule has 0 bridgehead atoms. The van der Waals surface area contributed by atoms with Crippen molar-refractivity contribution in [2.45, 2.75) is 52.1 Å². The van der Waals surface area contributed by atoms with E-state index in [0.717, 1.165) is 31.4 Å². The standard InChI is InChI=1S/C10H21NO.Lu/c1-5-7-10(12,8-6-2)9(3)11-4;/h12H,5-8H2,1-4H3;. The van der Waals surface area contributed by atoms with E-state index in [1.54, 1.807) is 7.05 Å². The van der Waals surface area contributed by atoms with Gasteiger partial charge in [-0.3, -0.25) is 4.99 Å². The Morgan fingerprint density at radius 3 is 1.85 bits per heavy atom. The number of aliphatic hydroxyl groups is 1. The van der Waals surface area contributed by atoms with Crippen molar-refractivity contribution in [2.24, 2.45) is 4.99 Å². The van der Waals surface area contributed by atoms with Crippen LogP contribution in [0.3, 0.4) is 0 Å². The van der Waals surface area contributed by atoms with Gasteiger partial charge in [-0.2, -0.15) is 0 Å². The van der Waals surface area contributed by atoms with Gasteiger partial charge in [-0.1, -0.05) is 26.7 Å². The summed E-state index contributed by atoms with van der Waals surface area (Å²) in [5, 5.41) is 10.1. The van der Waals surface area contributed by atoms with E-state index in [2.05, 4.69) is 18.8 Å². The molecule has 0 saturated heterocycles. The molecule has 0 unspecified atom stereocenters. The molecule has 0 aromatic carbocycles. The zero-order valence-electron chi connectivity index (χ0n) is 8.98. The van der Waals surface area contributed by atoms with Gasteiger partial charge in [0.2, 0.25) is 0 Å². The Morgan fingerprint density at radius 1 is 1.23 bits per heavy atom. The van der Waals surface area contributed by atoms with E-state index in [1.165, 1.54) is 0 Å². The van der Waals surface area contributed by atoms with Crippen molar-refractivity contribution >= 4 is 5.71 Å². The molecule has 0 aromatic rings. The molecule has 0 amide bonds. The molecule has 0 rings (SSSR count). The first kappa shape index (κ1) is 16.3. The van der Waals surface area contributed by atoms with Crippen LogP contribution in [-0.4, -0.2) is 23.5 Å². The summed E-state index contributed by atoms with van der Waals surface area (Å²) >= 11 is 0. The van der Waals surface area contributed by atoms with Gasteiger partial charge in [-0.15, -0.1) is 0 Å². The monoisotopic (exact) mass is 346 g/mol. The van der Waals surface area contributed by atoms with Crippen LogP contribution in [-0.2, 0) is 0 Å². The summed E-state index contributed by atoms with van der Waals surface area (Å²) in [5.74, 6) is 0. The fourth-order valence-corrected chi connectivity index (χ4v) is 1.52. The zero-order valence-corrected chi connectivity index (χ0v) is 10.6. The third kappa shape index (κ3) is 5.34. The Morgan fingerprint density at radius 2 is 1.62 bits per heavy atom. The SMILES string of the molecule is CCCC(O)(CCC)C(C)=NC.[Lu]. The summed E-state index contributed by atoms with van der Waals surface area (Å²) in [7, 11) is 1.74. The van der Waals surface area contributed by atoms with E-state index in [9.17, 15) is 5.11 Å². The van der Waals surface area contributed by atoms with Gasteiger partial charge in [-0.05, 0) is 19.8 Å². The summed E-state index contributed by atoms with van der Waals surface area (Å²) in [5.41, 5.74) is 0.226. The molecule has 1 N–H and O–H groups in total. The van der Waals surface area contributed by atoms with E-state index in [-0.39, 0.29) is 36.9 Å². The molecule has 0 heterocycles. The largest absolute Gasteiger partial charge is 0.384 e. The van der Waals surface area contributed by atoms with Gasteiger partial charge in [0.15, 0.2) is 0 Å². The summed E-state index contributed by atoms with van der Waals surface area (Å²) in [6.07, 6.45) is 3.65. The van der Waals surface area contributed by atoms with E-state index >= 15 is 0 Å². The van der Waals surface area contributed by atoms with Crippen LogP contribution in [0.1, 0.15) is 46.5 Å². The van der Waals surface area contributed by atoms with Crippen LogP contribution in [0.4, 0.5) is 0 Å². The van der Waals surface area contributed by atoms with Gasteiger partial charge in [-0.25, -0.2) is 0 Å². The van der Waals surface area contributed by atoms with E-state index < -0.39 is 5.60 Å². The Balaban J connectivity index is 0. The van der Waals surface area contributed by atoms with Crippen molar-refractivity contribution in [3.8, 4) is 0 Å². The Hall–Kier alpha value is 0.864. The molecular weight excluding hydrogens is 325 g/mol. The second kappa shape index (κ2) is 8.20. The third-order valence-corrected chi connectivity index (χ3v) is 2.34. The van der Waals surface area contributed by atoms with Crippen LogP contribution in [0.2, 0.25) is 0 Å². The molecule has 0 atom stereocenters. The molecule has 0 saturated carbocycles. The number of rotatable bonds is 5. The predicted molar refractivity (Wildman–Crippen MR) is 53.8 cm³/mol. The van der Waals surface area contributed by atoms with Gasteiger partial charge in [0.25, 0.3) is 0 Å². The van der Waals surface area contributed by atoms with E-state index in [4.69, 9.17) is 0 Å². The molecule has 3 heteroatoms. The molecule has 2 nitrogen and oxygen atoms in total. The maximum absolute atomic E-state index is 10.1. The van der Waals surface area contributed by atoms with Crippen LogP contribution < -0.4 is 0 Å². The second-order valence-electron chi connectivity index (χ2n) is 3.34. The molecule has 1 radical (unpaired) electrons. The minimum absolute atomic E-state index is 0. The molecule has 87 valence electrons. The zero-order chi connectivity index (χ0) is 9.61. The molecule has 0 aliphatic rings. The Bertz CT molecular complexity index is 151. The van der Waals surface area contributed by atoms with Crippen LogP contribution >= 0.6 is 0 Å². The van der Waals surface area contributed by atoms with Crippen LogP contribution in [0.5, 0.6) is 0 Å². The van der Waals surface area contributed by atoms with Crippen molar-refractivity contribution in [2.75, 3.05) is 7.05 Å². The number of aliphatic imine (C=N–C) groups is 1. The maximum atomic E-state index is 10.1. The summed E-state index contributed by atoms with van der Waals surface area (Å²) < 4.78 is 0. The van der Waals surface area contributed by atoms with Crippen molar-refractivity contribution in [1.29, 1.82) is 0 Å². The summed E-state index contributed by atoms with van der Waals surface area (Å²) in [6.45, 7) is 6.08. The fraction of sp³-hybridized carbons (Fsp3) is 0.900. The van der Waals surface area contributed by atoms with Crippen LogP contribution in [0.25, 0.3) is 0 Å². The molecule has 13 heavy (non-hydrogen) atoms. The third-order valence-electron chi connectivity index (χ3n) is 2.34. The first-order valence-electron chi connectivity index (χ1n) is 4.77.